The lowest BCUT2D eigenvalue weighted by Crippen LogP contribution is -2.19. The average Bonchev–Trinajstić information content (AvgIpc) is 2.97. The first-order chi connectivity index (χ1) is 13.3. The van der Waals surface area contributed by atoms with Gasteiger partial charge in [-0.25, -0.2) is 8.42 Å². The predicted molar refractivity (Wildman–Crippen MR) is 113 cm³/mol. The van der Waals surface area contributed by atoms with Crippen molar-refractivity contribution in [3.05, 3.63) is 57.3 Å². The van der Waals surface area contributed by atoms with Gasteiger partial charge in [0.05, 0.1) is 21.7 Å². The number of nitrogens with zero attached hydrogens (tertiary/aromatic N) is 2. The third kappa shape index (κ3) is 4.78. The number of rotatable bonds is 6. The van der Waals surface area contributed by atoms with Crippen molar-refractivity contribution in [2.24, 2.45) is 4.99 Å². The molecule has 0 unspecified atom stereocenters. The number of hydrogen-bond acceptors (Lipinski definition) is 5. The van der Waals surface area contributed by atoms with Gasteiger partial charge in [-0.3, -0.25) is 4.79 Å². The van der Waals surface area contributed by atoms with Crippen molar-refractivity contribution >= 4 is 53.2 Å². The fourth-order valence-corrected chi connectivity index (χ4v) is 4.93. The molecule has 1 amide bonds. The van der Waals surface area contributed by atoms with Crippen molar-refractivity contribution in [2.75, 3.05) is 19.5 Å². The van der Waals surface area contributed by atoms with Crippen LogP contribution in [0.4, 0.5) is 0 Å². The summed E-state index contributed by atoms with van der Waals surface area (Å²) in [7, 11) is -3.40. The molecule has 0 aliphatic carbocycles. The molecular formula is C19H19BrN2O4S2. The Hall–Kier alpha value is -1.81. The van der Waals surface area contributed by atoms with E-state index in [-0.39, 0.29) is 10.5 Å². The molecule has 28 heavy (non-hydrogen) atoms. The highest BCUT2D eigenvalue weighted by molar-refractivity contribution is 9.10. The molecule has 0 spiro atoms. The summed E-state index contributed by atoms with van der Waals surface area (Å²) in [6, 6.07) is 11.8. The molecule has 6 nitrogen and oxygen atoms in total. The van der Waals surface area contributed by atoms with E-state index in [0.29, 0.717) is 24.6 Å². The third-order valence-corrected chi connectivity index (χ3v) is 6.66. The number of ether oxygens (including phenoxy) is 1. The first kappa shape index (κ1) is 20.9. The van der Waals surface area contributed by atoms with E-state index in [1.807, 2.05) is 29.7 Å². The first-order valence-corrected chi connectivity index (χ1v) is 12.1. The summed E-state index contributed by atoms with van der Waals surface area (Å²) < 4.78 is 32.8. The van der Waals surface area contributed by atoms with Gasteiger partial charge in [0.2, 0.25) is 0 Å². The SMILES string of the molecule is CCOCCn1c(=NC(=O)c2cccc(S(C)(=O)=O)c2)sc2cc(Br)ccc21. The van der Waals surface area contributed by atoms with Crippen molar-refractivity contribution in [3.8, 4) is 0 Å². The van der Waals surface area contributed by atoms with E-state index in [1.165, 1.54) is 23.5 Å². The van der Waals surface area contributed by atoms with Gasteiger partial charge in [0.1, 0.15) is 0 Å². The Balaban J connectivity index is 2.07. The van der Waals surface area contributed by atoms with E-state index in [1.54, 1.807) is 12.1 Å². The Morgan fingerprint density at radius 3 is 2.75 bits per heavy atom. The Morgan fingerprint density at radius 2 is 2.04 bits per heavy atom. The van der Waals surface area contributed by atoms with Crippen LogP contribution in [0.15, 0.2) is 56.8 Å². The third-order valence-electron chi connectivity index (χ3n) is 4.01. The number of hydrogen-bond donors (Lipinski definition) is 0. The van der Waals surface area contributed by atoms with Crippen molar-refractivity contribution in [1.29, 1.82) is 0 Å². The van der Waals surface area contributed by atoms with E-state index in [2.05, 4.69) is 20.9 Å². The van der Waals surface area contributed by atoms with Gasteiger partial charge in [0.15, 0.2) is 14.6 Å². The molecule has 1 aromatic heterocycles. The highest BCUT2D eigenvalue weighted by atomic mass is 79.9. The summed E-state index contributed by atoms with van der Waals surface area (Å²) in [5.41, 5.74) is 1.20. The van der Waals surface area contributed by atoms with Crippen LogP contribution in [0.3, 0.4) is 0 Å². The monoisotopic (exact) mass is 482 g/mol. The molecule has 9 heteroatoms. The lowest BCUT2D eigenvalue weighted by molar-refractivity contribution is 0.0996. The lowest BCUT2D eigenvalue weighted by atomic mass is 10.2. The highest BCUT2D eigenvalue weighted by Crippen LogP contribution is 2.22. The Kier molecular flexibility index (Phi) is 6.49. The fraction of sp³-hybridized carbons (Fsp3) is 0.263. The average molecular weight is 483 g/mol. The minimum atomic E-state index is -3.40. The standard InChI is InChI=1S/C19H19BrN2O4S2/c1-3-26-10-9-22-16-8-7-14(20)12-17(16)27-19(22)21-18(23)13-5-4-6-15(11-13)28(2,24)25/h4-8,11-12H,3,9-10H2,1-2H3. The number of benzene rings is 2. The smallest absolute Gasteiger partial charge is 0.279 e. The molecule has 0 aliphatic heterocycles. The number of carbonyl (C=O) groups is 1. The summed E-state index contributed by atoms with van der Waals surface area (Å²) in [5, 5.41) is 0. The molecule has 0 bridgehead atoms. The van der Waals surface area contributed by atoms with Crippen LogP contribution in [0.25, 0.3) is 10.2 Å². The van der Waals surface area contributed by atoms with Gasteiger partial charge < -0.3 is 9.30 Å². The van der Waals surface area contributed by atoms with Crippen LogP contribution in [0.5, 0.6) is 0 Å². The first-order valence-electron chi connectivity index (χ1n) is 8.55. The van der Waals surface area contributed by atoms with Crippen LogP contribution in [-0.2, 0) is 21.1 Å². The summed E-state index contributed by atoms with van der Waals surface area (Å²) >= 11 is 4.86. The minimum Gasteiger partial charge on any atom is -0.380 e. The van der Waals surface area contributed by atoms with Gasteiger partial charge in [-0.05, 0) is 43.3 Å². The van der Waals surface area contributed by atoms with Crippen molar-refractivity contribution < 1.29 is 17.9 Å². The van der Waals surface area contributed by atoms with Crippen molar-refractivity contribution in [1.82, 2.24) is 4.57 Å². The van der Waals surface area contributed by atoms with E-state index >= 15 is 0 Å². The molecular weight excluding hydrogens is 464 g/mol. The molecule has 3 rings (SSSR count). The van der Waals surface area contributed by atoms with E-state index in [0.717, 1.165) is 20.9 Å². The maximum atomic E-state index is 12.7. The maximum absolute atomic E-state index is 12.7. The molecule has 0 saturated heterocycles. The fourth-order valence-electron chi connectivity index (χ4n) is 2.66. The van der Waals surface area contributed by atoms with Gasteiger partial charge in [0.25, 0.3) is 5.91 Å². The van der Waals surface area contributed by atoms with Crippen LogP contribution in [0.2, 0.25) is 0 Å². The Bertz CT molecular complexity index is 1200. The van der Waals surface area contributed by atoms with Gasteiger partial charge in [-0.15, -0.1) is 0 Å². The van der Waals surface area contributed by atoms with E-state index in [9.17, 15) is 13.2 Å². The Morgan fingerprint density at radius 1 is 1.25 bits per heavy atom. The highest BCUT2D eigenvalue weighted by Gasteiger charge is 2.13. The second-order valence-corrected chi connectivity index (χ2v) is 10.0. The van der Waals surface area contributed by atoms with Crippen molar-refractivity contribution in [3.63, 3.8) is 0 Å². The number of sulfone groups is 1. The molecule has 0 radical (unpaired) electrons. The molecule has 3 aromatic rings. The maximum Gasteiger partial charge on any atom is 0.279 e. The lowest BCUT2D eigenvalue weighted by Gasteiger charge is -2.05. The summed E-state index contributed by atoms with van der Waals surface area (Å²) in [5.74, 6) is -0.485. The topological polar surface area (TPSA) is 77.7 Å². The number of fused-ring (bicyclic) bond motifs is 1. The number of carbonyl (C=O) groups excluding carboxylic acids is 1. The zero-order valence-corrected chi connectivity index (χ0v) is 18.6. The normalized spacial score (nSPS) is 12.6. The van der Waals surface area contributed by atoms with Gasteiger partial charge in [0, 0.05) is 29.4 Å². The number of amides is 1. The zero-order chi connectivity index (χ0) is 20.3. The van der Waals surface area contributed by atoms with Crippen LogP contribution in [0, 0.1) is 0 Å². The minimum absolute atomic E-state index is 0.0954. The molecule has 148 valence electrons. The predicted octanol–water partition coefficient (Wildman–Crippen LogP) is 3.65. The van der Waals surface area contributed by atoms with Gasteiger partial charge in [-0.1, -0.05) is 33.3 Å². The largest absolute Gasteiger partial charge is 0.380 e. The summed E-state index contributed by atoms with van der Waals surface area (Å²) in [6.45, 7) is 3.60. The number of aromatic nitrogens is 1. The second-order valence-electron chi connectivity index (χ2n) is 6.06. The molecule has 0 aliphatic rings. The summed E-state index contributed by atoms with van der Waals surface area (Å²) in [4.78, 5) is 17.6. The molecule has 0 N–H and O–H groups in total. The zero-order valence-electron chi connectivity index (χ0n) is 15.4. The molecule has 0 fully saturated rings. The summed E-state index contributed by atoms with van der Waals surface area (Å²) in [6.07, 6.45) is 1.11. The molecule has 0 saturated carbocycles. The van der Waals surface area contributed by atoms with E-state index < -0.39 is 15.7 Å². The van der Waals surface area contributed by atoms with Crippen LogP contribution in [0.1, 0.15) is 17.3 Å². The molecule has 1 heterocycles. The van der Waals surface area contributed by atoms with Crippen molar-refractivity contribution in [2.45, 2.75) is 18.4 Å². The van der Waals surface area contributed by atoms with Crippen LogP contribution in [-0.4, -0.2) is 38.4 Å². The van der Waals surface area contributed by atoms with E-state index in [4.69, 9.17) is 4.74 Å². The molecule has 0 atom stereocenters. The Labute approximate surface area is 175 Å². The second kappa shape index (κ2) is 8.69. The van der Waals surface area contributed by atoms with Crippen LogP contribution >= 0.6 is 27.3 Å². The van der Waals surface area contributed by atoms with Crippen LogP contribution < -0.4 is 4.80 Å². The number of halogens is 1. The van der Waals surface area contributed by atoms with Gasteiger partial charge >= 0.3 is 0 Å². The number of thiazole rings is 1. The molecule has 2 aromatic carbocycles. The van der Waals surface area contributed by atoms with Gasteiger partial charge in [-0.2, -0.15) is 4.99 Å². The quantitative estimate of drug-likeness (QED) is 0.502.